The SMILES string of the molecule is CC(C)(C)NC(=O)CNC(=O)Nc1ccc(C(=O)O)nc1. The Labute approximate surface area is 121 Å². The zero-order valence-electron chi connectivity index (χ0n) is 12.1. The van der Waals surface area contributed by atoms with Gasteiger partial charge in [0.25, 0.3) is 0 Å². The molecule has 114 valence electrons. The second kappa shape index (κ2) is 6.69. The van der Waals surface area contributed by atoms with Gasteiger partial charge in [0.2, 0.25) is 5.91 Å². The maximum absolute atomic E-state index is 11.6. The van der Waals surface area contributed by atoms with Gasteiger partial charge in [0.15, 0.2) is 0 Å². The molecular weight excluding hydrogens is 276 g/mol. The molecule has 1 aromatic heterocycles. The van der Waals surface area contributed by atoms with Gasteiger partial charge in [-0.05, 0) is 32.9 Å². The first-order valence-electron chi connectivity index (χ1n) is 6.22. The summed E-state index contributed by atoms with van der Waals surface area (Å²) in [5.41, 5.74) is -0.162. The van der Waals surface area contributed by atoms with Gasteiger partial charge in [0, 0.05) is 5.54 Å². The van der Waals surface area contributed by atoms with Crippen LogP contribution in [0.1, 0.15) is 31.3 Å². The predicted molar refractivity (Wildman–Crippen MR) is 76.1 cm³/mol. The van der Waals surface area contributed by atoms with Crippen molar-refractivity contribution in [2.75, 3.05) is 11.9 Å². The molecule has 8 heteroatoms. The number of carbonyl (C=O) groups is 3. The van der Waals surface area contributed by atoms with Crippen molar-refractivity contribution in [2.24, 2.45) is 0 Å². The number of rotatable bonds is 4. The zero-order chi connectivity index (χ0) is 16.0. The van der Waals surface area contributed by atoms with E-state index in [1.165, 1.54) is 18.3 Å². The molecule has 3 amide bonds. The third kappa shape index (κ3) is 6.37. The van der Waals surface area contributed by atoms with Crippen molar-refractivity contribution in [3.8, 4) is 0 Å². The Morgan fingerprint density at radius 3 is 2.38 bits per heavy atom. The van der Waals surface area contributed by atoms with E-state index in [1.807, 2.05) is 20.8 Å². The summed E-state index contributed by atoms with van der Waals surface area (Å²) in [5, 5.41) is 16.2. The molecule has 0 radical (unpaired) electrons. The minimum atomic E-state index is -1.15. The van der Waals surface area contributed by atoms with Gasteiger partial charge in [0.05, 0.1) is 18.4 Å². The van der Waals surface area contributed by atoms with Crippen LogP contribution < -0.4 is 16.0 Å². The lowest BCUT2D eigenvalue weighted by atomic mass is 10.1. The lowest BCUT2D eigenvalue weighted by Crippen LogP contribution is -2.46. The van der Waals surface area contributed by atoms with Crippen molar-refractivity contribution in [1.29, 1.82) is 0 Å². The van der Waals surface area contributed by atoms with E-state index in [-0.39, 0.29) is 23.7 Å². The fourth-order valence-electron chi connectivity index (χ4n) is 1.39. The first kappa shape index (κ1) is 16.4. The number of aromatic carboxylic acids is 1. The highest BCUT2D eigenvalue weighted by molar-refractivity contribution is 5.92. The molecule has 0 bridgehead atoms. The van der Waals surface area contributed by atoms with Crippen LogP contribution in [-0.2, 0) is 4.79 Å². The maximum Gasteiger partial charge on any atom is 0.354 e. The number of nitrogens with zero attached hydrogens (tertiary/aromatic N) is 1. The van der Waals surface area contributed by atoms with E-state index < -0.39 is 12.0 Å². The quantitative estimate of drug-likeness (QED) is 0.655. The largest absolute Gasteiger partial charge is 0.477 e. The predicted octanol–water partition coefficient (Wildman–Crippen LogP) is 0.816. The highest BCUT2D eigenvalue weighted by Gasteiger charge is 2.14. The van der Waals surface area contributed by atoms with Crippen molar-refractivity contribution < 1.29 is 19.5 Å². The molecule has 0 saturated heterocycles. The average Bonchev–Trinajstić information content (AvgIpc) is 2.35. The van der Waals surface area contributed by atoms with Gasteiger partial charge in [-0.3, -0.25) is 4.79 Å². The van der Waals surface area contributed by atoms with Crippen LogP contribution in [0.2, 0.25) is 0 Å². The van der Waals surface area contributed by atoms with Crippen molar-refractivity contribution in [2.45, 2.75) is 26.3 Å². The number of carbonyl (C=O) groups excluding carboxylic acids is 2. The summed E-state index contributed by atoms with van der Waals surface area (Å²) in [5.74, 6) is -1.46. The van der Waals surface area contributed by atoms with Gasteiger partial charge in [0.1, 0.15) is 5.69 Å². The van der Waals surface area contributed by atoms with E-state index >= 15 is 0 Å². The summed E-state index contributed by atoms with van der Waals surface area (Å²) in [6, 6.07) is 2.10. The standard InChI is InChI=1S/C13H18N4O4/c1-13(2,3)17-10(18)7-15-12(21)16-8-4-5-9(11(19)20)14-6-8/h4-6H,7H2,1-3H3,(H,17,18)(H,19,20)(H2,15,16,21). The molecule has 1 heterocycles. The van der Waals surface area contributed by atoms with Crippen LogP contribution in [0.4, 0.5) is 10.5 Å². The third-order valence-corrected chi connectivity index (χ3v) is 2.16. The molecule has 8 nitrogen and oxygen atoms in total. The third-order valence-electron chi connectivity index (χ3n) is 2.16. The molecule has 1 aromatic rings. The lowest BCUT2D eigenvalue weighted by molar-refractivity contribution is -0.121. The molecule has 0 aliphatic carbocycles. The number of urea groups is 1. The number of aromatic nitrogens is 1. The number of pyridine rings is 1. The Morgan fingerprint density at radius 1 is 1.24 bits per heavy atom. The Kier molecular flexibility index (Phi) is 5.23. The average molecular weight is 294 g/mol. The van der Waals surface area contributed by atoms with Crippen molar-refractivity contribution in [3.05, 3.63) is 24.0 Å². The normalized spacial score (nSPS) is 10.6. The topological polar surface area (TPSA) is 120 Å². The van der Waals surface area contributed by atoms with E-state index in [4.69, 9.17) is 5.11 Å². The lowest BCUT2D eigenvalue weighted by Gasteiger charge is -2.20. The van der Waals surface area contributed by atoms with Crippen LogP contribution in [0, 0.1) is 0 Å². The highest BCUT2D eigenvalue weighted by Crippen LogP contribution is 2.05. The summed E-state index contributed by atoms with van der Waals surface area (Å²) in [6.45, 7) is 5.34. The van der Waals surface area contributed by atoms with Gasteiger partial charge >= 0.3 is 12.0 Å². The summed E-state index contributed by atoms with van der Waals surface area (Å²) >= 11 is 0. The molecule has 0 aromatic carbocycles. The van der Waals surface area contributed by atoms with Crippen LogP contribution in [0.25, 0.3) is 0 Å². The minimum Gasteiger partial charge on any atom is -0.477 e. The molecular formula is C13H18N4O4. The van der Waals surface area contributed by atoms with Crippen molar-refractivity contribution >= 4 is 23.6 Å². The Bertz CT molecular complexity index is 534. The first-order chi connectivity index (χ1) is 9.67. The molecule has 0 spiro atoms. The number of carboxylic acids is 1. The van der Waals surface area contributed by atoms with Crippen molar-refractivity contribution in [3.63, 3.8) is 0 Å². The monoisotopic (exact) mass is 294 g/mol. The molecule has 0 aliphatic heterocycles. The fourth-order valence-corrected chi connectivity index (χ4v) is 1.39. The molecule has 21 heavy (non-hydrogen) atoms. The van der Waals surface area contributed by atoms with E-state index in [0.717, 1.165) is 0 Å². The Morgan fingerprint density at radius 2 is 1.90 bits per heavy atom. The van der Waals surface area contributed by atoms with Crippen LogP contribution >= 0.6 is 0 Å². The van der Waals surface area contributed by atoms with Gasteiger partial charge in [-0.2, -0.15) is 0 Å². The molecule has 4 N–H and O–H groups in total. The number of carboxylic acid groups (broad SMARTS) is 1. The zero-order valence-corrected chi connectivity index (χ0v) is 12.1. The maximum atomic E-state index is 11.6. The van der Waals surface area contributed by atoms with E-state index in [2.05, 4.69) is 20.9 Å². The molecule has 0 fully saturated rings. The summed E-state index contributed by atoms with van der Waals surface area (Å²) < 4.78 is 0. The second-order valence-electron chi connectivity index (χ2n) is 5.34. The van der Waals surface area contributed by atoms with Gasteiger partial charge in [-0.15, -0.1) is 0 Å². The highest BCUT2D eigenvalue weighted by atomic mass is 16.4. The summed E-state index contributed by atoms with van der Waals surface area (Å²) in [7, 11) is 0. The van der Waals surface area contributed by atoms with Gasteiger partial charge < -0.3 is 21.1 Å². The van der Waals surface area contributed by atoms with Gasteiger partial charge in [-0.25, -0.2) is 14.6 Å². The number of hydrogen-bond acceptors (Lipinski definition) is 4. The number of hydrogen-bond donors (Lipinski definition) is 4. The van der Waals surface area contributed by atoms with E-state index in [9.17, 15) is 14.4 Å². The van der Waals surface area contributed by atoms with Crippen molar-refractivity contribution in [1.82, 2.24) is 15.6 Å². The first-order valence-corrected chi connectivity index (χ1v) is 6.22. The molecule has 0 atom stereocenters. The number of anilines is 1. The minimum absolute atomic E-state index is 0.120. The summed E-state index contributed by atoms with van der Waals surface area (Å²) in [4.78, 5) is 37.3. The number of amides is 3. The molecule has 1 rings (SSSR count). The van der Waals surface area contributed by atoms with Crippen LogP contribution in [0.3, 0.4) is 0 Å². The van der Waals surface area contributed by atoms with E-state index in [0.29, 0.717) is 5.69 Å². The smallest absolute Gasteiger partial charge is 0.354 e. The second-order valence-corrected chi connectivity index (χ2v) is 5.34. The Hall–Kier alpha value is -2.64. The van der Waals surface area contributed by atoms with Crippen LogP contribution in [-0.4, -0.2) is 40.1 Å². The molecule has 0 saturated carbocycles. The Balaban J connectivity index is 2.43. The fraction of sp³-hybridized carbons (Fsp3) is 0.385. The van der Waals surface area contributed by atoms with E-state index in [1.54, 1.807) is 0 Å². The summed E-state index contributed by atoms with van der Waals surface area (Å²) in [6.07, 6.45) is 1.22. The number of nitrogens with one attached hydrogen (secondary N) is 3. The van der Waals surface area contributed by atoms with Crippen LogP contribution in [0.5, 0.6) is 0 Å². The molecule has 0 aliphatic rings. The van der Waals surface area contributed by atoms with Crippen LogP contribution in [0.15, 0.2) is 18.3 Å². The van der Waals surface area contributed by atoms with Gasteiger partial charge in [-0.1, -0.05) is 0 Å². The molecule has 0 unspecified atom stereocenters.